The number of hydrogen-bond acceptors (Lipinski definition) is 4. The van der Waals surface area contributed by atoms with Crippen molar-refractivity contribution < 1.29 is 14.3 Å². The van der Waals surface area contributed by atoms with Gasteiger partial charge in [-0.15, -0.1) is 0 Å². The van der Waals surface area contributed by atoms with Gasteiger partial charge < -0.3 is 19.4 Å². The Labute approximate surface area is 192 Å². The molecular weight excluding hydrogens is 428 g/mol. The van der Waals surface area contributed by atoms with Crippen LogP contribution >= 0.6 is 11.6 Å². The Balaban J connectivity index is 1.56. The van der Waals surface area contributed by atoms with Gasteiger partial charge >= 0.3 is 0 Å². The Hall–Kier alpha value is -2.90. The number of pyridine rings is 1. The maximum atomic E-state index is 13.1. The van der Waals surface area contributed by atoms with Crippen LogP contribution in [-0.4, -0.2) is 41.0 Å². The number of nitrogens with zero attached hydrogens (tertiary/aromatic N) is 3. The lowest BCUT2D eigenvalue weighted by molar-refractivity contribution is -0.125. The summed E-state index contributed by atoms with van der Waals surface area (Å²) < 4.78 is 7.11. The number of aromatic nitrogens is 2. The summed E-state index contributed by atoms with van der Waals surface area (Å²) in [6.07, 6.45) is 4.54. The standard InChI is InChI=1S/C24H27ClN4O3/c1-15(2)10-19(20-13-28-7-6-18(25)12-22(28)26-20)27-24(31)17-4-5-21(16(3)11-17)29-8-9-32-14-23(29)30/h4-7,11-13,15,19H,8-10,14H2,1-3H3,(H,27,31). The van der Waals surface area contributed by atoms with E-state index in [1.54, 1.807) is 23.1 Å². The minimum Gasteiger partial charge on any atom is -0.370 e. The van der Waals surface area contributed by atoms with Crippen LogP contribution in [0.1, 0.15) is 47.9 Å². The number of nitrogens with one attached hydrogen (secondary N) is 1. The van der Waals surface area contributed by atoms with Gasteiger partial charge in [0.2, 0.25) is 0 Å². The number of ether oxygens (including phenoxy) is 1. The molecule has 3 heterocycles. The van der Waals surface area contributed by atoms with E-state index in [0.29, 0.717) is 29.7 Å². The second kappa shape index (κ2) is 9.30. The van der Waals surface area contributed by atoms with Crippen LogP contribution in [0.2, 0.25) is 5.02 Å². The lowest BCUT2D eigenvalue weighted by atomic mass is 10.0. The summed E-state index contributed by atoms with van der Waals surface area (Å²) in [6, 6.07) is 8.78. The third-order valence-electron chi connectivity index (χ3n) is 5.55. The zero-order valence-corrected chi connectivity index (χ0v) is 19.2. The van der Waals surface area contributed by atoms with Crippen molar-refractivity contribution in [3.8, 4) is 0 Å². The van der Waals surface area contributed by atoms with Gasteiger partial charge in [-0.2, -0.15) is 0 Å². The summed E-state index contributed by atoms with van der Waals surface area (Å²) in [5.74, 6) is 0.124. The van der Waals surface area contributed by atoms with Crippen molar-refractivity contribution in [1.82, 2.24) is 14.7 Å². The van der Waals surface area contributed by atoms with Crippen molar-refractivity contribution in [2.24, 2.45) is 5.92 Å². The summed E-state index contributed by atoms with van der Waals surface area (Å²) >= 11 is 6.09. The zero-order chi connectivity index (χ0) is 22.8. The van der Waals surface area contributed by atoms with Crippen LogP contribution < -0.4 is 10.2 Å². The molecule has 168 valence electrons. The molecule has 7 nitrogen and oxygen atoms in total. The van der Waals surface area contributed by atoms with Crippen molar-refractivity contribution in [2.45, 2.75) is 33.2 Å². The molecule has 3 aromatic rings. The van der Waals surface area contributed by atoms with Gasteiger partial charge in [0.25, 0.3) is 11.8 Å². The molecule has 0 radical (unpaired) electrons. The highest BCUT2D eigenvalue weighted by atomic mass is 35.5. The average molecular weight is 455 g/mol. The number of fused-ring (bicyclic) bond motifs is 1. The monoisotopic (exact) mass is 454 g/mol. The van der Waals surface area contributed by atoms with E-state index in [-0.39, 0.29) is 24.5 Å². The molecule has 4 rings (SSSR count). The van der Waals surface area contributed by atoms with Gasteiger partial charge in [-0.1, -0.05) is 25.4 Å². The Kier molecular flexibility index (Phi) is 6.48. The summed E-state index contributed by atoms with van der Waals surface area (Å²) in [4.78, 5) is 31.7. The van der Waals surface area contributed by atoms with E-state index in [4.69, 9.17) is 16.3 Å². The molecular formula is C24H27ClN4O3. The molecule has 1 unspecified atom stereocenters. The summed E-state index contributed by atoms with van der Waals surface area (Å²) in [5.41, 5.74) is 3.77. The quantitative estimate of drug-likeness (QED) is 0.606. The number of aryl methyl sites for hydroxylation is 1. The van der Waals surface area contributed by atoms with E-state index >= 15 is 0 Å². The van der Waals surface area contributed by atoms with Crippen LogP contribution in [0.4, 0.5) is 5.69 Å². The number of imidazole rings is 1. The maximum Gasteiger partial charge on any atom is 0.253 e. The average Bonchev–Trinajstić information content (AvgIpc) is 3.16. The van der Waals surface area contributed by atoms with Crippen molar-refractivity contribution in [2.75, 3.05) is 24.7 Å². The van der Waals surface area contributed by atoms with E-state index in [1.165, 1.54) is 0 Å². The molecule has 1 N–H and O–H groups in total. The number of rotatable bonds is 6. The maximum absolute atomic E-state index is 13.1. The van der Waals surface area contributed by atoms with Gasteiger partial charge in [0.1, 0.15) is 12.3 Å². The number of halogens is 1. The Bertz CT molecular complexity index is 1160. The first kappa shape index (κ1) is 22.3. The van der Waals surface area contributed by atoms with Gasteiger partial charge in [0.05, 0.1) is 18.3 Å². The van der Waals surface area contributed by atoms with Crippen LogP contribution in [0.3, 0.4) is 0 Å². The first-order valence-corrected chi connectivity index (χ1v) is 11.1. The van der Waals surface area contributed by atoms with Crippen LogP contribution in [0.15, 0.2) is 42.7 Å². The number of carbonyl (C=O) groups is 2. The van der Waals surface area contributed by atoms with Crippen LogP contribution in [0, 0.1) is 12.8 Å². The number of amides is 2. The molecule has 1 atom stereocenters. The fourth-order valence-electron chi connectivity index (χ4n) is 3.98. The second-order valence-electron chi connectivity index (χ2n) is 8.53. The largest absolute Gasteiger partial charge is 0.370 e. The molecule has 1 fully saturated rings. The SMILES string of the molecule is Cc1cc(C(=O)NC(CC(C)C)c2cn3ccc(Cl)cc3n2)ccc1N1CCOCC1=O. The van der Waals surface area contributed by atoms with Crippen molar-refractivity contribution in [3.63, 3.8) is 0 Å². The van der Waals surface area contributed by atoms with E-state index in [9.17, 15) is 9.59 Å². The van der Waals surface area contributed by atoms with Gasteiger partial charge in [0.15, 0.2) is 0 Å². The first-order valence-electron chi connectivity index (χ1n) is 10.8. The number of anilines is 1. The second-order valence-corrected chi connectivity index (χ2v) is 8.97. The number of hydrogen-bond donors (Lipinski definition) is 1. The van der Waals surface area contributed by atoms with Crippen molar-refractivity contribution >= 4 is 34.7 Å². The van der Waals surface area contributed by atoms with Crippen molar-refractivity contribution in [1.29, 1.82) is 0 Å². The minimum absolute atomic E-state index is 0.0690. The Morgan fingerprint density at radius 3 is 2.81 bits per heavy atom. The molecule has 1 aliphatic heterocycles. The lowest BCUT2D eigenvalue weighted by Gasteiger charge is -2.28. The van der Waals surface area contributed by atoms with Gasteiger partial charge in [0, 0.05) is 35.2 Å². The van der Waals surface area contributed by atoms with E-state index < -0.39 is 0 Å². The first-order chi connectivity index (χ1) is 15.3. The van der Waals surface area contributed by atoms with Crippen molar-refractivity contribution in [3.05, 3.63) is 64.6 Å². The van der Waals surface area contributed by atoms with E-state index in [0.717, 1.165) is 29.0 Å². The third-order valence-corrected chi connectivity index (χ3v) is 5.78. The minimum atomic E-state index is -0.234. The Morgan fingerprint density at radius 2 is 2.09 bits per heavy atom. The Morgan fingerprint density at radius 1 is 1.28 bits per heavy atom. The van der Waals surface area contributed by atoms with Gasteiger partial charge in [-0.05, 0) is 55.2 Å². The highest BCUT2D eigenvalue weighted by Crippen LogP contribution is 2.25. The molecule has 2 aromatic heterocycles. The van der Waals surface area contributed by atoms with E-state index in [2.05, 4.69) is 24.1 Å². The normalized spacial score (nSPS) is 15.4. The highest BCUT2D eigenvalue weighted by molar-refractivity contribution is 6.30. The number of benzene rings is 1. The fraction of sp³-hybridized carbons (Fsp3) is 0.375. The molecule has 0 saturated carbocycles. The number of carbonyl (C=O) groups excluding carboxylic acids is 2. The van der Waals surface area contributed by atoms with Crippen LogP contribution in [0.5, 0.6) is 0 Å². The molecule has 8 heteroatoms. The number of morpholine rings is 1. The molecule has 0 spiro atoms. The molecule has 1 aliphatic rings. The van der Waals surface area contributed by atoms with Gasteiger partial charge in [-0.25, -0.2) is 4.98 Å². The predicted molar refractivity (Wildman–Crippen MR) is 124 cm³/mol. The van der Waals surface area contributed by atoms with Gasteiger partial charge in [-0.3, -0.25) is 9.59 Å². The highest BCUT2D eigenvalue weighted by Gasteiger charge is 2.24. The molecule has 0 bridgehead atoms. The molecule has 32 heavy (non-hydrogen) atoms. The van der Waals surface area contributed by atoms with Crippen LogP contribution in [0.25, 0.3) is 5.65 Å². The fourth-order valence-corrected chi connectivity index (χ4v) is 4.14. The predicted octanol–water partition coefficient (Wildman–Crippen LogP) is 4.18. The molecule has 1 aromatic carbocycles. The third kappa shape index (κ3) is 4.79. The summed E-state index contributed by atoms with van der Waals surface area (Å²) in [5, 5.41) is 3.76. The summed E-state index contributed by atoms with van der Waals surface area (Å²) in [6.45, 7) is 7.25. The molecule has 0 aliphatic carbocycles. The van der Waals surface area contributed by atoms with E-state index in [1.807, 2.05) is 35.9 Å². The zero-order valence-electron chi connectivity index (χ0n) is 18.5. The lowest BCUT2D eigenvalue weighted by Crippen LogP contribution is -2.42. The topological polar surface area (TPSA) is 75.9 Å². The smallest absolute Gasteiger partial charge is 0.253 e. The van der Waals surface area contributed by atoms with Crippen LogP contribution in [-0.2, 0) is 9.53 Å². The molecule has 1 saturated heterocycles. The summed E-state index contributed by atoms with van der Waals surface area (Å²) in [7, 11) is 0. The molecule has 2 amide bonds.